The van der Waals surface area contributed by atoms with Crippen LogP contribution in [0.2, 0.25) is 0 Å². The van der Waals surface area contributed by atoms with Crippen molar-refractivity contribution in [1.82, 2.24) is 0 Å². The van der Waals surface area contributed by atoms with Gasteiger partial charge in [0.15, 0.2) is 0 Å². The summed E-state index contributed by atoms with van der Waals surface area (Å²) in [5.41, 5.74) is 0. The molecule has 0 amide bonds. The van der Waals surface area contributed by atoms with Gasteiger partial charge in [-0.05, 0) is 44.4 Å². The molecule has 0 N–H and O–H groups in total. The second-order valence-corrected chi connectivity index (χ2v) is 17.3. The molecule has 52 heavy (non-hydrogen) atoms. The SMILES string of the molecule is CCCCCCCC/C=C/CCCCCCCCCCCCCC(=O)OCCCCCCCCCCCCCCCCCCCCCCCC(C)C. The maximum atomic E-state index is 12.0. The number of rotatable bonds is 45. The van der Waals surface area contributed by atoms with Gasteiger partial charge in [0, 0.05) is 6.42 Å². The van der Waals surface area contributed by atoms with Crippen molar-refractivity contribution in [3.05, 3.63) is 12.2 Å². The van der Waals surface area contributed by atoms with Gasteiger partial charge in [-0.25, -0.2) is 0 Å². The molecule has 0 rings (SSSR count). The lowest BCUT2D eigenvalue weighted by molar-refractivity contribution is -0.143. The Morgan fingerprint density at radius 3 is 1.02 bits per heavy atom. The molecule has 0 atom stereocenters. The third kappa shape index (κ3) is 47.2. The lowest BCUT2D eigenvalue weighted by atomic mass is 10.0. The molecule has 2 heteroatoms. The average Bonchev–Trinajstić information content (AvgIpc) is 3.13. The van der Waals surface area contributed by atoms with Crippen LogP contribution in [0.5, 0.6) is 0 Å². The van der Waals surface area contributed by atoms with Gasteiger partial charge in [-0.1, -0.05) is 258 Å². The Balaban J connectivity index is 3.17. The molecule has 310 valence electrons. The molecule has 0 aromatic rings. The van der Waals surface area contributed by atoms with Crippen molar-refractivity contribution in [3.63, 3.8) is 0 Å². The van der Waals surface area contributed by atoms with Crippen LogP contribution in [-0.4, -0.2) is 12.6 Å². The van der Waals surface area contributed by atoms with Crippen LogP contribution >= 0.6 is 0 Å². The van der Waals surface area contributed by atoms with Crippen molar-refractivity contribution in [2.75, 3.05) is 6.61 Å². The summed E-state index contributed by atoms with van der Waals surface area (Å²) in [4.78, 5) is 12.0. The highest BCUT2D eigenvalue weighted by molar-refractivity contribution is 5.69. The van der Waals surface area contributed by atoms with E-state index in [4.69, 9.17) is 4.74 Å². The maximum absolute atomic E-state index is 12.0. The fourth-order valence-electron chi connectivity index (χ4n) is 7.67. The van der Waals surface area contributed by atoms with Crippen molar-refractivity contribution in [2.24, 2.45) is 5.92 Å². The van der Waals surface area contributed by atoms with Gasteiger partial charge in [-0.2, -0.15) is 0 Å². The summed E-state index contributed by atoms with van der Waals surface area (Å²) in [7, 11) is 0. The molecule has 0 bridgehead atoms. The Kier molecular flexibility index (Phi) is 45.7. The van der Waals surface area contributed by atoms with Gasteiger partial charge < -0.3 is 4.74 Å². The Morgan fingerprint density at radius 1 is 0.385 bits per heavy atom. The minimum absolute atomic E-state index is 0.0295. The number of hydrogen-bond acceptors (Lipinski definition) is 2. The van der Waals surface area contributed by atoms with Gasteiger partial charge >= 0.3 is 5.97 Å². The molecule has 0 spiro atoms. The van der Waals surface area contributed by atoms with Crippen molar-refractivity contribution in [3.8, 4) is 0 Å². The Labute approximate surface area is 329 Å². The van der Waals surface area contributed by atoms with Gasteiger partial charge in [0.05, 0.1) is 6.61 Å². The van der Waals surface area contributed by atoms with Crippen molar-refractivity contribution >= 4 is 5.97 Å². The van der Waals surface area contributed by atoms with E-state index in [-0.39, 0.29) is 5.97 Å². The predicted octanol–water partition coefficient (Wildman–Crippen LogP) is 18.1. The summed E-state index contributed by atoms with van der Waals surface area (Å²) < 4.78 is 5.49. The second kappa shape index (κ2) is 46.4. The van der Waals surface area contributed by atoms with Gasteiger partial charge in [-0.15, -0.1) is 0 Å². The second-order valence-electron chi connectivity index (χ2n) is 17.3. The predicted molar refractivity (Wildman–Crippen MR) is 235 cm³/mol. The van der Waals surface area contributed by atoms with Crippen molar-refractivity contribution in [2.45, 2.75) is 290 Å². The first kappa shape index (κ1) is 51.2. The van der Waals surface area contributed by atoms with Gasteiger partial charge in [0.1, 0.15) is 0 Å². The van der Waals surface area contributed by atoms with E-state index in [0.717, 1.165) is 18.8 Å². The monoisotopic (exact) mass is 731 g/mol. The highest BCUT2D eigenvalue weighted by Gasteiger charge is 2.03. The van der Waals surface area contributed by atoms with E-state index in [9.17, 15) is 4.79 Å². The van der Waals surface area contributed by atoms with Crippen molar-refractivity contribution < 1.29 is 9.53 Å². The van der Waals surface area contributed by atoms with Crippen LogP contribution < -0.4 is 0 Å². The maximum Gasteiger partial charge on any atom is 0.305 e. The molecule has 0 saturated heterocycles. The number of carbonyl (C=O) groups is 1. The minimum atomic E-state index is 0.0295. The molecule has 0 aliphatic heterocycles. The molecule has 0 aliphatic carbocycles. The van der Waals surface area contributed by atoms with E-state index in [1.807, 2.05) is 0 Å². The smallest absolute Gasteiger partial charge is 0.305 e. The zero-order chi connectivity index (χ0) is 37.7. The summed E-state index contributed by atoms with van der Waals surface area (Å²) in [6.07, 6.45) is 61.9. The Hall–Kier alpha value is -0.790. The number of esters is 1. The Morgan fingerprint density at radius 2 is 0.673 bits per heavy atom. The largest absolute Gasteiger partial charge is 0.466 e. The molecule has 0 saturated carbocycles. The molecule has 0 fully saturated rings. The first-order valence-electron chi connectivity index (χ1n) is 24.5. The summed E-state index contributed by atoms with van der Waals surface area (Å²) >= 11 is 0. The Bertz CT molecular complexity index is 682. The number of carbonyl (C=O) groups excluding carboxylic acids is 1. The fraction of sp³-hybridized carbons (Fsp3) is 0.940. The molecular formula is C50H98O2. The van der Waals surface area contributed by atoms with E-state index in [1.165, 1.54) is 250 Å². The molecule has 0 unspecified atom stereocenters. The van der Waals surface area contributed by atoms with Crippen LogP contribution in [0, 0.1) is 5.92 Å². The van der Waals surface area contributed by atoms with E-state index in [1.54, 1.807) is 0 Å². The summed E-state index contributed by atoms with van der Waals surface area (Å²) in [5.74, 6) is 0.913. The number of allylic oxidation sites excluding steroid dienone is 2. The number of ether oxygens (including phenoxy) is 1. The lowest BCUT2D eigenvalue weighted by Crippen LogP contribution is -2.05. The van der Waals surface area contributed by atoms with E-state index in [2.05, 4.69) is 32.9 Å². The van der Waals surface area contributed by atoms with Gasteiger partial charge in [0.2, 0.25) is 0 Å². The van der Waals surface area contributed by atoms with E-state index < -0.39 is 0 Å². The van der Waals surface area contributed by atoms with Gasteiger partial charge in [0.25, 0.3) is 0 Å². The van der Waals surface area contributed by atoms with Crippen molar-refractivity contribution in [1.29, 1.82) is 0 Å². The van der Waals surface area contributed by atoms with Crippen LogP contribution in [0.1, 0.15) is 290 Å². The highest BCUT2D eigenvalue weighted by Crippen LogP contribution is 2.17. The van der Waals surface area contributed by atoms with E-state index >= 15 is 0 Å². The van der Waals surface area contributed by atoms with Crippen LogP contribution in [0.3, 0.4) is 0 Å². The van der Waals surface area contributed by atoms with Crippen LogP contribution in [0.15, 0.2) is 12.2 Å². The number of hydrogen-bond donors (Lipinski definition) is 0. The molecule has 0 aromatic heterocycles. The summed E-state index contributed by atoms with van der Waals surface area (Å²) in [5, 5.41) is 0. The first-order chi connectivity index (χ1) is 25.7. The highest BCUT2D eigenvalue weighted by atomic mass is 16.5. The molecule has 0 heterocycles. The van der Waals surface area contributed by atoms with Crippen LogP contribution in [0.4, 0.5) is 0 Å². The first-order valence-corrected chi connectivity index (χ1v) is 24.5. The summed E-state index contributed by atoms with van der Waals surface area (Å²) in [6, 6.07) is 0. The third-order valence-electron chi connectivity index (χ3n) is 11.3. The van der Waals surface area contributed by atoms with Gasteiger partial charge in [-0.3, -0.25) is 4.79 Å². The average molecular weight is 731 g/mol. The minimum Gasteiger partial charge on any atom is -0.466 e. The lowest BCUT2D eigenvalue weighted by Gasteiger charge is -2.06. The number of unbranched alkanes of at least 4 members (excludes halogenated alkanes) is 37. The molecule has 0 aromatic carbocycles. The third-order valence-corrected chi connectivity index (χ3v) is 11.3. The topological polar surface area (TPSA) is 26.3 Å². The van der Waals surface area contributed by atoms with E-state index in [0.29, 0.717) is 13.0 Å². The standard InChI is InChI=1S/C50H98O2/c1-4-5-6-7-8-9-10-11-12-13-14-16-20-23-26-29-32-35-38-41-44-47-50(51)52-48-45-42-39-36-33-30-27-24-21-18-15-17-19-22-25-28-31-34-37-40-43-46-49(2)3/h11-12,49H,4-10,13-48H2,1-3H3/b12-11+. The molecule has 0 radical (unpaired) electrons. The summed E-state index contributed by atoms with van der Waals surface area (Å²) in [6.45, 7) is 7.61. The zero-order valence-corrected chi connectivity index (χ0v) is 36.5. The van der Waals surface area contributed by atoms with Crippen LogP contribution in [0.25, 0.3) is 0 Å². The molecular weight excluding hydrogens is 633 g/mol. The molecule has 2 nitrogen and oxygen atoms in total. The quantitative estimate of drug-likeness (QED) is 0.0354. The zero-order valence-electron chi connectivity index (χ0n) is 36.5. The van der Waals surface area contributed by atoms with Crippen LogP contribution in [-0.2, 0) is 9.53 Å². The normalized spacial score (nSPS) is 11.8. The molecule has 0 aliphatic rings. The fourth-order valence-corrected chi connectivity index (χ4v) is 7.67.